The molecule has 1 aliphatic rings. The Labute approximate surface area is 310 Å². The molecular formula is C51H37NO. The molecule has 2 heteroatoms. The Hall–Kier alpha value is -6.64. The Kier molecular flexibility index (Phi) is 7.19. The fourth-order valence-electron chi connectivity index (χ4n) is 8.34. The van der Waals surface area contributed by atoms with Crippen molar-refractivity contribution in [2.24, 2.45) is 0 Å². The molecule has 8 aromatic carbocycles. The van der Waals surface area contributed by atoms with Crippen molar-refractivity contribution in [3.63, 3.8) is 0 Å². The number of para-hydroxylation sites is 1. The minimum absolute atomic E-state index is 0.112. The lowest BCUT2D eigenvalue weighted by Gasteiger charge is -2.27. The third-order valence-electron chi connectivity index (χ3n) is 11.1. The van der Waals surface area contributed by atoms with E-state index in [4.69, 9.17) is 4.42 Å². The first-order valence-electron chi connectivity index (χ1n) is 18.3. The maximum Gasteiger partial charge on any atom is 0.143 e. The van der Waals surface area contributed by atoms with Crippen LogP contribution in [0.5, 0.6) is 0 Å². The molecule has 0 spiro atoms. The summed E-state index contributed by atoms with van der Waals surface area (Å²) in [6.45, 7) is 4.68. The summed E-state index contributed by atoms with van der Waals surface area (Å²) >= 11 is 0. The quantitative estimate of drug-likeness (QED) is 0.174. The van der Waals surface area contributed by atoms with Crippen LogP contribution in [0.4, 0.5) is 17.1 Å². The summed E-state index contributed by atoms with van der Waals surface area (Å²) in [6.07, 6.45) is 0. The van der Waals surface area contributed by atoms with Crippen LogP contribution in [-0.2, 0) is 5.41 Å². The van der Waals surface area contributed by atoms with Crippen LogP contribution in [0.1, 0.15) is 25.0 Å². The Morgan fingerprint density at radius 2 is 0.906 bits per heavy atom. The number of nitrogens with zero attached hydrogens (tertiary/aromatic N) is 1. The molecule has 0 fully saturated rings. The molecular weight excluding hydrogens is 643 g/mol. The average Bonchev–Trinajstić information content (AvgIpc) is 3.71. The molecule has 0 bridgehead atoms. The van der Waals surface area contributed by atoms with Gasteiger partial charge in [-0.2, -0.15) is 0 Å². The minimum atomic E-state index is -0.112. The van der Waals surface area contributed by atoms with Gasteiger partial charge in [-0.05, 0) is 98.6 Å². The number of furan rings is 1. The number of hydrogen-bond acceptors (Lipinski definition) is 2. The second-order valence-corrected chi connectivity index (χ2v) is 14.6. The van der Waals surface area contributed by atoms with Crippen LogP contribution < -0.4 is 4.90 Å². The summed E-state index contributed by atoms with van der Waals surface area (Å²) in [7, 11) is 0. The van der Waals surface area contributed by atoms with Crippen molar-refractivity contribution < 1.29 is 4.42 Å². The first-order chi connectivity index (χ1) is 26.0. The highest BCUT2D eigenvalue weighted by Gasteiger charge is 2.35. The number of rotatable bonds is 6. The van der Waals surface area contributed by atoms with Gasteiger partial charge in [0.1, 0.15) is 11.2 Å². The van der Waals surface area contributed by atoms with Crippen molar-refractivity contribution in [1.82, 2.24) is 0 Å². The second-order valence-electron chi connectivity index (χ2n) is 14.6. The molecule has 1 aliphatic carbocycles. The highest BCUT2D eigenvalue weighted by atomic mass is 16.3. The number of benzene rings is 8. The van der Waals surface area contributed by atoms with E-state index >= 15 is 0 Å². The van der Waals surface area contributed by atoms with Gasteiger partial charge in [0, 0.05) is 38.8 Å². The molecule has 0 atom stereocenters. The maximum absolute atomic E-state index is 6.73. The molecule has 252 valence electrons. The number of fused-ring (bicyclic) bond motifs is 6. The fraction of sp³-hybridized carbons (Fsp3) is 0.0588. The molecule has 53 heavy (non-hydrogen) atoms. The van der Waals surface area contributed by atoms with Crippen LogP contribution in [0.2, 0.25) is 0 Å². The Bertz CT molecular complexity index is 2690. The number of hydrogen-bond donors (Lipinski definition) is 0. The van der Waals surface area contributed by atoms with Crippen molar-refractivity contribution in [3.8, 4) is 44.5 Å². The highest BCUT2D eigenvalue weighted by Crippen LogP contribution is 2.51. The molecule has 0 saturated heterocycles. The van der Waals surface area contributed by atoms with Crippen LogP contribution in [-0.4, -0.2) is 0 Å². The van der Waals surface area contributed by atoms with Crippen molar-refractivity contribution >= 4 is 39.0 Å². The van der Waals surface area contributed by atoms with Gasteiger partial charge in [-0.1, -0.05) is 153 Å². The van der Waals surface area contributed by atoms with Gasteiger partial charge in [-0.15, -0.1) is 0 Å². The van der Waals surface area contributed by atoms with Gasteiger partial charge >= 0.3 is 0 Å². The summed E-state index contributed by atoms with van der Waals surface area (Å²) in [4.78, 5) is 2.38. The van der Waals surface area contributed by atoms with E-state index in [0.717, 1.165) is 50.1 Å². The predicted molar refractivity (Wildman–Crippen MR) is 222 cm³/mol. The van der Waals surface area contributed by atoms with Gasteiger partial charge in [0.25, 0.3) is 0 Å². The van der Waals surface area contributed by atoms with Gasteiger partial charge in [0.05, 0.1) is 0 Å². The van der Waals surface area contributed by atoms with E-state index in [1.807, 2.05) is 0 Å². The lowest BCUT2D eigenvalue weighted by atomic mass is 9.81. The molecule has 9 aromatic rings. The van der Waals surface area contributed by atoms with Gasteiger partial charge in [0.2, 0.25) is 0 Å². The van der Waals surface area contributed by atoms with E-state index in [-0.39, 0.29) is 5.41 Å². The average molecular weight is 680 g/mol. The van der Waals surface area contributed by atoms with E-state index in [1.165, 1.54) is 44.5 Å². The van der Waals surface area contributed by atoms with E-state index in [9.17, 15) is 0 Å². The normalized spacial score (nSPS) is 12.9. The van der Waals surface area contributed by atoms with E-state index in [2.05, 4.69) is 207 Å². The maximum atomic E-state index is 6.73. The van der Waals surface area contributed by atoms with E-state index in [0.29, 0.717) is 0 Å². The van der Waals surface area contributed by atoms with Crippen LogP contribution in [0, 0.1) is 0 Å². The lowest BCUT2D eigenvalue weighted by Crippen LogP contribution is -2.14. The van der Waals surface area contributed by atoms with Gasteiger partial charge < -0.3 is 9.32 Å². The van der Waals surface area contributed by atoms with Gasteiger partial charge in [0.15, 0.2) is 0 Å². The van der Waals surface area contributed by atoms with Crippen molar-refractivity contribution in [3.05, 3.63) is 199 Å². The monoisotopic (exact) mass is 679 g/mol. The van der Waals surface area contributed by atoms with Gasteiger partial charge in [-0.25, -0.2) is 0 Å². The molecule has 0 amide bonds. The SMILES string of the molecule is CC1(C)c2ccccc2-c2ccc(-c3cc(N(c4ccc(-c5ccccc5)cc4)c4ccc(-c5ccccc5)cc4)cc4c3oc3ccccc34)cc21. The van der Waals surface area contributed by atoms with Crippen LogP contribution in [0.3, 0.4) is 0 Å². The van der Waals surface area contributed by atoms with Crippen molar-refractivity contribution in [2.75, 3.05) is 4.90 Å². The lowest BCUT2D eigenvalue weighted by molar-refractivity contribution is 0.660. The van der Waals surface area contributed by atoms with Gasteiger partial charge in [-0.3, -0.25) is 0 Å². The largest absolute Gasteiger partial charge is 0.455 e. The van der Waals surface area contributed by atoms with Crippen LogP contribution in [0.25, 0.3) is 66.4 Å². The molecule has 0 radical (unpaired) electrons. The standard InChI is InChI=1S/C51H37NO/c1-51(2)47-19-11-9-17-42(47)43-30-25-38(31-48(43)51)45-32-41(33-46-44-18-10-12-20-49(44)53-50(45)46)52(39-26-21-36(22-27-39)34-13-5-3-6-14-34)40-28-23-37(24-29-40)35-15-7-4-8-16-35/h3-33H,1-2H3. The minimum Gasteiger partial charge on any atom is -0.455 e. The Morgan fingerprint density at radius 1 is 0.377 bits per heavy atom. The number of anilines is 3. The molecule has 2 nitrogen and oxygen atoms in total. The summed E-state index contributed by atoms with van der Waals surface area (Å²) in [5.41, 5.74) is 17.3. The summed E-state index contributed by atoms with van der Waals surface area (Å²) < 4.78 is 6.73. The Morgan fingerprint density at radius 3 is 1.57 bits per heavy atom. The summed E-state index contributed by atoms with van der Waals surface area (Å²) in [6, 6.07) is 67.8. The highest BCUT2D eigenvalue weighted by molar-refractivity contribution is 6.12. The predicted octanol–water partition coefficient (Wildman–Crippen LogP) is 14.4. The molecule has 0 unspecified atom stereocenters. The Balaban J connectivity index is 1.18. The first kappa shape index (κ1) is 31.1. The van der Waals surface area contributed by atoms with Crippen molar-refractivity contribution in [1.29, 1.82) is 0 Å². The smallest absolute Gasteiger partial charge is 0.143 e. The van der Waals surface area contributed by atoms with Crippen molar-refractivity contribution in [2.45, 2.75) is 19.3 Å². The summed E-state index contributed by atoms with van der Waals surface area (Å²) in [5.74, 6) is 0. The molecule has 0 saturated carbocycles. The fourth-order valence-corrected chi connectivity index (χ4v) is 8.34. The topological polar surface area (TPSA) is 16.4 Å². The molecule has 0 N–H and O–H groups in total. The third-order valence-corrected chi connectivity index (χ3v) is 11.1. The molecule has 1 aromatic heterocycles. The zero-order valence-corrected chi connectivity index (χ0v) is 29.8. The molecule has 10 rings (SSSR count). The zero-order chi connectivity index (χ0) is 35.5. The third kappa shape index (κ3) is 5.18. The summed E-state index contributed by atoms with van der Waals surface area (Å²) in [5, 5.41) is 2.21. The zero-order valence-electron chi connectivity index (χ0n) is 29.8. The first-order valence-corrected chi connectivity index (χ1v) is 18.3. The second kappa shape index (κ2) is 12.3. The van der Waals surface area contributed by atoms with E-state index < -0.39 is 0 Å². The molecule has 0 aliphatic heterocycles. The van der Waals surface area contributed by atoms with Crippen LogP contribution in [0.15, 0.2) is 192 Å². The molecule has 1 heterocycles. The van der Waals surface area contributed by atoms with Crippen LogP contribution >= 0.6 is 0 Å². The van der Waals surface area contributed by atoms with E-state index in [1.54, 1.807) is 0 Å².